The van der Waals surface area contributed by atoms with Crippen molar-refractivity contribution >= 4 is 11.3 Å². The van der Waals surface area contributed by atoms with Gasteiger partial charge in [0.1, 0.15) is 30.2 Å². The first kappa shape index (κ1) is 15.9. The van der Waals surface area contributed by atoms with E-state index < -0.39 is 42.8 Å². The Bertz CT molecular complexity index is 742. The number of aromatic nitrogens is 3. The first-order chi connectivity index (χ1) is 10.8. The van der Waals surface area contributed by atoms with Crippen molar-refractivity contribution < 1.29 is 33.2 Å². The Morgan fingerprint density at radius 3 is 2.70 bits per heavy atom. The number of rotatable bonds is 3. The molecule has 0 radical (unpaired) electrons. The molecule has 1 fully saturated rings. The van der Waals surface area contributed by atoms with Crippen LogP contribution in [0.2, 0.25) is 0 Å². The molecule has 5 N–H and O–H groups in total. The number of anilines is 1. The number of fused-ring (bicyclic) bond motifs is 1. The Labute approximate surface area is 126 Å². The van der Waals surface area contributed by atoms with E-state index in [0.29, 0.717) is 0 Å². The van der Waals surface area contributed by atoms with Crippen LogP contribution in [0.4, 0.5) is 19.0 Å². The molecule has 1 aliphatic rings. The summed E-state index contributed by atoms with van der Waals surface area (Å²) in [5, 5.41) is 32.9. The minimum absolute atomic E-state index is 0.144. The maximum absolute atomic E-state index is 14.0. The highest BCUT2D eigenvalue weighted by Gasteiger charge is 2.60. The lowest BCUT2D eigenvalue weighted by atomic mass is 9.95. The summed E-state index contributed by atoms with van der Waals surface area (Å²) in [5.74, 6) is -1.04. The van der Waals surface area contributed by atoms with Gasteiger partial charge in [-0.1, -0.05) is 0 Å². The van der Waals surface area contributed by atoms with Gasteiger partial charge in [-0.3, -0.25) is 0 Å². The van der Waals surface area contributed by atoms with Gasteiger partial charge in [0, 0.05) is 6.07 Å². The third-order valence-corrected chi connectivity index (χ3v) is 3.95. The zero-order valence-corrected chi connectivity index (χ0v) is 11.5. The van der Waals surface area contributed by atoms with E-state index in [1.54, 1.807) is 0 Å². The summed E-state index contributed by atoms with van der Waals surface area (Å²) in [4.78, 5) is 3.61. The minimum atomic E-state index is -3.28. The highest BCUT2D eigenvalue weighted by Crippen LogP contribution is 2.43. The highest BCUT2D eigenvalue weighted by atomic mass is 19.3. The summed E-state index contributed by atoms with van der Waals surface area (Å²) < 4.78 is 46.4. The molecule has 11 heteroatoms. The van der Waals surface area contributed by atoms with E-state index in [-0.39, 0.29) is 17.0 Å². The molecule has 23 heavy (non-hydrogen) atoms. The summed E-state index contributed by atoms with van der Waals surface area (Å²) in [6.07, 6.45) is -7.72. The molecule has 2 aromatic rings. The molecule has 126 valence electrons. The molecule has 1 aliphatic heterocycles. The molecule has 2 aromatic heterocycles. The standard InChI is InChI=1S/C12H13F3N4O4/c13-4-1-5(19-6(4)10(16)17-3-18-19)8-7(21)9(22)12(2-20,23-8)11(14)15/h1,3,7-9,11,20-22H,2H2,(H2,16,17,18)/t7-,8-,9-,12+/m0/s1. The molecule has 0 unspecified atom stereocenters. The molecule has 0 spiro atoms. The van der Waals surface area contributed by atoms with Crippen LogP contribution in [0.3, 0.4) is 0 Å². The number of alkyl halides is 2. The number of hydrogen-bond acceptors (Lipinski definition) is 7. The summed E-state index contributed by atoms with van der Waals surface area (Å²) in [7, 11) is 0. The van der Waals surface area contributed by atoms with E-state index in [9.17, 15) is 28.5 Å². The predicted octanol–water partition coefficient (Wildman–Crippen LogP) is -0.760. The van der Waals surface area contributed by atoms with Gasteiger partial charge in [-0.05, 0) is 0 Å². The molecule has 0 bridgehead atoms. The van der Waals surface area contributed by atoms with Crippen LogP contribution >= 0.6 is 0 Å². The molecule has 1 saturated heterocycles. The zero-order valence-electron chi connectivity index (χ0n) is 11.5. The SMILES string of the molecule is Nc1ncnn2c([C@@H]3O[C@@](CO)(C(F)F)[C@@H](O)[C@H]3O)cc(F)c12. The van der Waals surface area contributed by atoms with Crippen LogP contribution in [0.5, 0.6) is 0 Å². The van der Waals surface area contributed by atoms with Crippen molar-refractivity contribution in [2.75, 3.05) is 12.3 Å². The molecular formula is C12H13F3N4O4. The fourth-order valence-corrected chi connectivity index (χ4v) is 2.69. The number of aliphatic hydroxyl groups is 3. The number of ether oxygens (including phenoxy) is 1. The van der Waals surface area contributed by atoms with Crippen molar-refractivity contribution in [1.29, 1.82) is 0 Å². The van der Waals surface area contributed by atoms with Gasteiger partial charge < -0.3 is 25.8 Å². The summed E-state index contributed by atoms with van der Waals surface area (Å²) in [5.41, 5.74) is 2.50. The average Bonchev–Trinajstić information content (AvgIpc) is 2.97. The molecule has 8 nitrogen and oxygen atoms in total. The minimum Gasteiger partial charge on any atom is -0.393 e. The summed E-state index contributed by atoms with van der Waals surface area (Å²) in [6.45, 7) is -1.23. The van der Waals surface area contributed by atoms with Gasteiger partial charge in [-0.25, -0.2) is 22.7 Å². The summed E-state index contributed by atoms with van der Waals surface area (Å²) >= 11 is 0. The van der Waals surface area contributed by atoms with Crippen LogP contribution in [0.25, 0.3) is 5.52 Å². The first-order valence-corrected chi connectivity index (χ1v) is 6.54. The van der Waals surface area contributed by atoms with Crippen LogP contribution in [0.1, 0.15) is 11.8 Å². The molecule has 3 heterocycles. The Kier molecular flexibility index (Phi) is 3.67. The van der Waals surface area contributed by atoms with Crippen LogP contribution in [0.15, 0.2) is 12.4 Å². The monoisotopic (exact) mass is 334 g/mol. The molecule has 0 aromatic carbocycles. The van der Waals surface area contributed by atoms with Crippen molar-refractivity contribution in [3.05, 3.63) is 23.9 Å². The third kappa shape index (κ3) is 2.08. The Balaban J connectivity index is 2.12. The number of aliphatic hydroxyl groups excluding tert-OH is 3. The topological polar surface area (TPSA) is 126 Å². The van der Waals surface area contributed by atoms with Gasteiger partial charge >= 0.3 is 0 Å². The van der Waals surface area contributed by atoms with Crippen LogP contribution < -0.4 is 5.73 Å². The van der Waals surface area contributed by atoms with Gasteiger partial charge in [0.2, 0.25) is 0 Å². The lowest BCUT2D eigenvalue weighted by Crippen LogP contribution is -2.52. The maximum Gasteiger partial charge on any atom is 0.272 e. The highest BCUT2D eigenvalue weighted by molar-refractivity contribution is 5.66. The van der Waals surface area contributed by atoms with E-state index in [1.165, 1.54) is 0 Å². The lowest BCUT2D eigenvalue weighted by Gasteiger charge is -2.28. The van der Waals surface area contributed by atoms with Gasteiger partial charge in [0.15, 0.2) is 17.2 Å². The number of nitrogen functional groups attached to an aromatic ring is 1. The first-order valence-electron chi connectivity index (χ1n) is 6.54. The zero-order chi connectivity index (χ0) is 16.9. The van der Waals surface area contributed by atoms with E-state index in [4.69, 9.17) is 10.5 Å². The number of halogens is 3. The second-order valence-corrected chi connectivity index (χ2v) is 5.21. The van der Waals surface area contributed by atoms with Gasteiger partial charge in [-0.2, -0.15) is 5.10 Å². The van der Waals surface area contributed by atoms with Gasteiger partial charge in [0.05, 0.1) is 12.3 Å². The van der Waals surface area contributed by atoms with Gasteiger partial charge in [0.25, 0.3) is 6.43 Å². The second kappa shape index (κ2) is 5.30. The number of hydrogen-bond donors (Lipinski definition) is 4. The fourth-order valence-electron chi connectivity index (χ4n) is 2.69. The van der Waals surface area contributed by atoms with E-state index in [2.05, 4.69) is 10.1 Å². The van der Waals surface area contributed by atoms with Crippen molar-refractivity contribution in [1.82, 2.24) is 14.6 Å². The van der Waals surface area contributed by atoms with E-state index in [0.717, 1.165) is 16.9 Å². The van der Waals surface area contributed by atoms with Crippen LogP contribution in [-0.2, 0) is 4.74 Å². The molecule has 0 aliphatic carbocycles. The summed E-state index contributed by atoms with van der Waals surface area (Å²) in [6, 6.07) is 0.889. The van der Waals surface area contributed by atoms with Crippen LogP contribution in [-0.4, -0.2) is 60.8 Å². The Morgan fingerprint density at radius 1 is 1.43 bits per heavy atom. The van der Waals surface area contributed by atoms with Crippen molar-refractivity contribution in [3.8, 4) is 0 Å². The van der Waals surface area contributed by atoms with Crippen molar-refractivity contribution in [3.63, 3.8) is 0 Å². The molecule has 0 saturated carbocycles. The van der Waals surface area contributed by atoms with Crippen LogP contribution in [0, 0.1) is 5.82 Å². The van der Waals surface area contributed by atoms with E-state index in [1.807, 2.05) is 0 Å². The second-order valence-electron chi connectivity index (χ2n) is 5.21. The largest absolute Gasteiger partial charge is 0.393 e. The van der Waals surface area contributed by atoms with E-state index >= 15 is 0 Å². The molecule has 0 amide bonds. The average molecular weight is 334 g/mol. The van der Waals surface area contributed by atoms with Gasteiger partial charge in [-0.15, -0.1) is 0 Å². The number of nitrogens with zero attached hydrogens (tertiary/aromatic N) is 3. The molecule has 3 rings (SSSR count). The normalized spacial score (nSPS) is 31.3. The maximum atomic E-state index is 14.0. The lowest BCUT2D eigenvalue weighted by molar-refractivity contribution is -0.186. The smallest absolute Gasteiger partial charge is 0.272 e. The quantitative estimate of drug-likeness (QED) is 0.581. The number of nitrogens with two attached hydrogens (primary N) is 1. The molecule has 4 atom stereocenters. The fraction of sp³-hybridized carbons (Fsp3) is 0.500. The Hall–Kier alpha value is -1.95. The third-order valence-electron chi connectivity index (χ3n) is 3.95. The predicted molar refractivity (Wildman–Crippen MR) is 69.0 cm³/mol. The Morgan fingerprint density at radius 2 is 2.13 bits per heavy atom. The molecular weight excluding hydrogens is 321 g/mol. The van der Waals surface area contributed by atoms with Crippen molar-refractivity contribution in [2.24, 2.45) is 0 Å². The van der Waals surface area contributed by atoms with Crippen molar-refractivity contribution in [2.45, 2.75) is 30.3 Å².